The minimum Gasteiger partial charge on any atom is -0.496 e. The van der Waals surface area contributed by atoms with Gasteiger partial charge >= 0.3 is 0 Å². The number of benzene rings is 2. The molecule has 2 aromatic carbocycles. The Kier molecular flexibility index (Phi) is 5.97. The number of nitrogens with one attached hydrogen (secondary N) is 1. The molecular formula is C17H17BrN2O5. The molecule has 7 nitrogen and oxygen atoms in total. The highest BCUT2D eigenvalue weighted by Crippen LogP contribution is 2.29. The molecule has 0 spiro atoms. The third-order valence-electron chi connectivity index (χ3n) is 3.49. The van der Waals surface area contributed by atoms with Crippen LogP contribution in [-0.2, 0) is 4.79 Å². The van der Waals surface area contributed by atoms with E-state index in [2.05, 4.69) is 21.2 Å². The van der Waals surface area contributed by atoms with Gasteiger partial charge < -0.3 is 14.8 Å². The average molecular weight is 409 g/mol. The maximum absolute atomic E-state index is 12.1. The van der Waals surface area contributed by atoms with Gasteiger partial charge in [-0.1, -0.05) is 15.9 Å². The SMILES string of the molecule is COc1ccc(NC(=O)COc2cc(C)c(Br)cc2C)c([N+](=O)[O-])c1. The fourth-order valence-electron chi connectivity index (χ4n) is 2.13. The molecule has 2 rings (SSSR count). The van der Waals surface area contributed by atoms with Crippen LogP contribution < -0.4 is 14.8 Å². The molecule has 0 saturated heterocycles. The summed E-state index contributed by atoms with van der Waals surface area (Å²) in [4.78, 5) is 22.6. The molecule has 0 fully saturated rings. The molecule has 0 aliphatic rings. The summed E-state index contributed by atoms with van der Waals surface area (Å²) in [5.41, 5.74) is 1.69. The summed E-state index contributed by atoms with van der Waals surface area (Å²) in [5, 5.41) is 13.6. The van der Waals surface area contributed by atoms with Crippen molar-refractivity contribution in [2.75, 3.05) is 19.0 Å². The van der Waals surface area contributed by atoms with E-state index in [0.717, 1.165) is 15.6 Å². The number of amides is 1. The van der Waals surface area contributed by atoms with Gasteiger partial charge in [-0.3, -0.25) is 14.9 Å². The molecular weight excluding hydrogens is 392 g/mol. The molecule has 25 heavy (non-hydrogen) atoms. The predicted molar refractivity (Wildman–Crippen MR) is 97.4 cm³/mol. The topological polar surface area (TPSA) is 90.7 Å². The maximum Gasteiger partial charge on any atom is 0.296 e. The van der Waals surface area contributed by atoms with Gasteiger partial charge in [0.15, 0.2) is 6.61 Å². The quantitative estimate of drug-likeness (QED) is 0.575. The number of carbonyl (C=O) groups excluding carboxylic acids is 1. The van der Waals surface area contributed by atoms with Crippen molar-refractivity contribution in [1.82, 2.24) is 0 Å². The molecule has 0 radical (unpaired) electrons. The van der Waals surface area contributed by atoms with Gasteiger partial charge in [0.25, 0.3) is 11.6 Å². The Morgan fingerprint density at radius 1 is 1.24 bits per heavy atom. The number of ether oxygens (including phenoxy) is 2. The van der Waals surface area contributed by atoms with Gasteiger partial charge in [0.2, 0.25) is 0 Å². The Labute approximate surface area is 153 Å². The van der Waals surface area contributed by atoms with Gasteiger partial charge in [0, 0.05) is 4.47 Å². The first-order valence-electron chi connectivity index (χ1n) is 7.33. The van der Waals surface area contributed by atoms with Gasteiger partial charge in [-0.2, -0.15) is 0 Å². The molecule has 0 heterocycles. The highest BCUT2D eigenvalue weighted by molar-refractivity contribution is 9.10. The summed E-state index contributed by atoms with van der Waals surface area (Å²) in [6.45, 7) is 3.52. The molecule has 0 unspecified atom stereocenters. The third kappa shape index (κ3) is 4.69. The molecule has 0 saturated carbocycles. The van der Waals surface area contributed by atoms with E-state index in [-0.39, 0.29) is 18.0 Å². The molecule has 0 atom stereocenters. The lowest BCUT2D eigenvalue weighted by molar-refractivity contribution is -0.384. The number of aryl methyl sites for hydroxylation is 2. The number of nitro benzene ring substituents is 1. The lowest BCUT2D eigenvalue weighted by atomic mass is 10.1. The van der Waals surface area contributed by atoms with Gasteiger partial charge in [0.1, 0.15) is 17.2 Å². The van der Waals surface area contributed by atoms with Crippen molar-refractivity contribution in [1.29, 1.82) is 0 Å². The van der Waals surface area contributed by atoms with E-state index < -0.39 is 10.8 Å². The van der Waals surface area contributed by atoms with E-state index in [0.29, 0.717) is 11.5 Å². The number of carbonyl (C=O) groups is 1. The van der Waals surface area contributed by atoms with Crippen LogP contribution in [0.15, 0.2) is 34.8 Å². The van der Waals surface area contributed by atoms with Crippen LogP contribution in [0.1, 0.15) is 11.1 Å². The first-order valence-corrected chi connectivity index (χ1v) is 8.13. The van der Waals surface area contributed by atoms with Crippen LogP contribution in [0.2, 0.25) is 0 Å². The number of rotatable bonds is 6. The molecule has 0 aromatic heterocycles. The minimum atomic E-state index is -0.582. The second-order valence-corrected chi connectivity index (χ2v) is 6.20. The van der Waals surface area contributed by atoms with Crippen molar-refractivity contribution in [3.8, 4) is 11.5 Å². The highest BCUT2D eigenvalue weighted by Gasteiger charge is 2.17. The van der Waals surface area contributed by atoms with Crippen LogP contribution >= 0.6 is 15.9 Å². The summed E-state index contributed by atoms with van der Waals surface area (Å²) in [6, 6.07) is 7.92. The van der Waals surface area contributed by atoms with Crippen LogP contribution in [0.4, 0.5) is 11.4 Å². The molecule has 2 aromatic rings. The van der Waals surface area contributed by atoms with E-state index in [1.807, 2.05) is 26.0 Å². The molecule has 0 aliphatic heterocycles. The van der Waals surface area contributed by atoms with Crippen molar-refractivity contribution >= 4 is 33.2 Å². The van der Waals surface area contributed by atoms with Crippen molar-refractivity contribution in [3.05, 3.63) is 56.0 Å². The number of methoxy groups -OCH3 is 1. The smallest absolute Gasteiger partial charge is 0.296 e. The van der Waals surface area contributed by atoms with Crippen LogP contribution in [-0.4, -0.2) is 24.5 Å². The molecule has 0 aliphatic carbocycles. The fourth-order valence-corrected chi connectivity index (χ4v) is 2.59. The van der Waals surface area contributed by atoms with E-state index in [9.17, 15) is 14.9 Å². The molecule has 1 N–H and O–H groups in total. The lowest BCUT2D eigenvalue weighted by Crippen LogP contribution is -2.21. The number of hydrogen-bond donors (Lipinski definition) is 1. The summed E-state index contributed by atoms with van der Waals surface area (Å²) in [7, 11) is 1.41. The number of hydrogen-bond acceptors (Lipinski definition) is 5. The molecule has 0 bridgehead atoms. The summed E-state index contributed by atoms with van der Waals surface area (Å²) >= 11 is 3.43. The Balaban J connectivity index is 2.08. The fraction of sp³-hybridized carbons (Fsp3) is 0.235. The number of nitrogens with zero attached hydrogens (tertiary/aromatic N) is 1. The zero-order valence-corrected chi connectivity index (χ0v) is 15.5. The lowest BCUT2D eigenvalue weighted by Gasteiger charge is -2.12. The monoisotopic (exact) mass is 408 g/mol. The van der Waals surface area contributed by atoms with Crippen LogP contribution in [0.25, 0.3) is 0 Å². The summed E-state index contributed by atoms with van der Waals surface area (Å²) in [6.07, 6.45) is 0. The highest BCUT2D eigenvalue weighted by atomic mass is 79.9. The first-order chi connectivity index (χ1) is 11.8. The third-order valence-corrected chi connectivity index (χ3v) is 4.34. The van der Waals surface area contributed by atoms with Gasteiger partial charge in [0.05, 0.1) is 18.1 Å². The number of anilines is 1. The molecule has 132 valence electrons. The normalized spacial score (nSPS) is 10.2. The second kappa shape index (κ2) is 7.98. The Morgan fingerprint density at radius 3 is 2.60 bits per heavy atom. The predicted octanol–water partition coefficient (Wildman–Crippen LogP) is 4.00. The van der Waals surface area contributed by atoms with Gasteiger partial charge in [-0.15, -0.1) is 0 Å². The van der Waals surface area contributed by atoms with Crippen molar-refractivity contribution in [3.63, 3.8) is 0 Å². The number of nitro groups is 1. The van der Waals surface area contributed by atoms with Crippen LogP contribution in [0.5, 0.6) is 11.5 Å². The Morgan fingerprint density at radius 2 is 1.96 bits per heavy atom. The number of halogens is 1. The van der Waals surface area contributed by atoms with E-state index >= 15 is 0 Å². The first kappa shape index (κ1) is 18.7. The molecule has 8 heteroatoms. The summed E-state index contributed by atoms with van der Waals surface area (Å²) in [5.74, 6) is 0.426. The minimum absolute atomic E-state index is 0.0862. The Bertz CT molecular complexity index is 823. The zero-order valence-electron chi connectivity index (χ0n) is 14.0. The molecule has 1 amide bonds. The van der Waals surface area contributed by atoms with E-state index in [1.165, 1.54) is 25.3 Å². The maximum atomic E-state index is 12.1. The van der Waals surface area contributed by atoms with Crippen LogP contribution in [0, 0.1) is 24.0 Å². The van der Waals surface area contributed by atoms with Gasteiger partial charge in [-0.25, -0.2) is 0 Å². The van der Waals surface area contributed by atoms with E-state index in [1.54, 1.807) is 0 Å². The van der Waals surface area contributed by atoms with Crippen molar-refractivity contribution in [2.24, 2.45) is 0 Å². The van der Waals surface area contributed by atoms with E-state index in [4.69, 9.17) is 9.47 Å². The largest absolute Gasteiger partial charge is 0.496 e. The average Bonchev–Trinajstić information content (AvgIpc) is 2.57. The van der Waals surface area contributed by atoms with Crippen LogP contribution in [0.3, 0.4) is 0 Å². The standard InChI is InChI=1S/C17H17BrN2O5/c1-10-7-16(11(2)6-13(10)18)25-9-17(21)19-14-5-4-12(24-3)8-15(14)20(22)23/h4-8H,9H2,1-3H3,(H,19,21). The zero-order chi connectivity index (χ0) is 18.6. The van der Waals surface area contributed by atoms with Crippen molar-refractivity contribution < 1.29 is 19.2 Å². The van der Waals surface area contributed by atoms with Gasteiger partial charge in [-0.05, 0) is 49.2 Å². The summed E-state index contributed by atoms with van der Waals surface area (Å²) < 4.78 is 11.4. The van der Waals surface area contributed by atoms with Crippen molar-refractivity contribution in [2.45, 2.75) is 13.8 Å². The Hall–Kier alpha value is -2.61. The second-order valence-electron chi connectivity index (χ2n) is 5.34.